The number of nitrogen functional groups attached to an aromatic ring is 1. The number of pyridine rings is 2. The summed E-state index contributed by atoms with van der Waals surface area (Å²) in [6.07, 6.45) is 18.1. The Morgan fingerprint density at radius 1 is 0.857 bits per heavy atom. The molecule has 3 aromatic heterocycles. The Hall–Kier alpha value is -4.63. The summed E-state index contributed by atoms with van der Waals surface area (Å²) in [5.74, 6) is 0.869. The summed E-state index contributed by atoms with van der Waals surface area (Å²) in [7, 11) is 0. The number of nitrogens with two attached hydrogens (primary N) is 1. The molecule has 6 heteroatoms. The van der Waals surface area contributed by atoms with E-state index in [1.165, 1.54) is 5.56 Å². The fourth-order valence-electron chi connectivity index (χ4n) is 4.51. The molecule has 0 unspecified atom stereocenters. The van der Waals surface area contributed by atoms with E-state index in [-0.39, 0.29) is 0 Å². The number of imidazole rings is 1. The number of aromatic nitrogens is 4. The highest BCUT2D eigenvalue weighted by molar-refractivity contribution is 5.91. The molecule has 0 atom stereocenters. The summed E-state index contributed by atoms with van der Waals surface area (Å²) >= 11 is 0. The zero-order valence-electron chi connectivity index (χ0n) is 19.3. The van der Waals surface area contributed by atoms with Gasteiger partial charge < -0.3 is 16.0 Å². The summed E-state index contributed by atoms with van der Waals surface area (Å²) in [4.78, 5) is 17.3. The SMILES string of the molecule is C#C.Nc1ccc2cc1Cc1nc3c(cncc3[nH]1)-c1cccc(c1)CCCNc1cncc-2c1. The number of nitrogens with one attached hydrogen (secondary N) is 2. The number of aryl methyl sites for hydroxylation is 1. The number of hydrogen-bond donors (Lipinski definition) is 3. The van der Waals surface area contributed by atoms with Crippen molar-refractivity contribution < 1.29 is 0 Å². The Labute approximate surface area is 204 Å². The van der Waals surface area contributed by atoms with Crippen LogP contribution >= 0.6 is 0 Å². The minimum Gasteiger partial charge on any atom is -0.398 e. The first kappa shape index (κ1) is 22.2. The molecule has 172 valence electrons. The van der Waals surface area contributed by atoms with Gasteiger partial charge in [0.15, 0.2) is 0 Å². The van der Waals surface area contributed by atoms with Crippen LogP contribution in [0.3, 0.4) is 0 Å². The van der Waals surface area contributed by atoms with Crippen molar-refractivity contribution in [3.8, 4) is 35.1 Å². The first-order chi connectivity index (χ1) is 17.2. The number of nitrogens with zero attached hydrogens (tertiary/aromatic N) is 3. The number of terminal acetylenes is 1. The maximum absolute atomic E-state index is 6.35. The van der Waals surface area contributed by atoms with Crippen molar-refractivity contribution in [3.05, 3.63) is 90.3 Å². The number of H-pyrrole nitrogens is 1. The van der Waals surface area contributed by atoms with Crippen molar-refractivity contribution in [3.63, 3.8) is 0 Å². The van der Waals surface area contributed by atoms with Gasteiger partial charge in [0.2, 0.25) is 0 Å². The quantitative estimate of drug-likeness (QED) is 0.211. The average Bonchev–Trinajstić information content (AvgIpc) is 3.32. The minimum atomic E-state index is 0.610. The molecule has 2 aromatic carbocycles. The fourth-order valence-corrected chi connectivity index (χ4v) is 4.51. The lowest BCUT2D eigenvalue weighted by atomic mass is 10.0. The molecule has 0 aliphatic carbocycles. The van der Waals surface area contributed by atoms with Crippen molar-refractivity contribution in [2.75, 3.05) is 17.6 Å². The van der Waals surface area contributed by atoms with Gasteiger partial charge in [-0.25, -0.2) is 4.98 Å². The van der Waals surface area contributed by atoms with Crippen molar-refractivity contribution in [1.29, 1.82) is 0 Å². The van der Waals surface area contributed by atoms with E-state index in [0.29, 0.717) is 6.42 Å². The molecule has 6 nitrogen and oxygen atoms in total. The Balaban J connectivity index is 0.00000124. The number of rotatable bonds is 0. The van der Waals surface area contributed by atoms with Gasteiger partial charge in [-0.3, -0.25) is 9.97 Å². The van der Waals surface area contributed by atoms with E-state index in [1.54, 1.807) is 0 Å². The van der Waals surface area contributed by atoms with Crippen molar-refractivity contribution >= 4 is 22.4 Å². The first-order valence-corrected chi connectivity index (χ1v) is 11.6. The lowest BCUT2D eigenvalue weighted by molar-refractivity contribution is 0.862. The van der Waals surface area contributed by atoms with E-state index in [2.05, 4.69) is 69.5 Å². The Morgan fingerprint density at radius 3 is 2.66 bits per heavy atom. The molecule has 0 spiro atoms. The Bertz CT molecular complexity index is 1510. The molecule has 4 N–H and O–H groups in total. The van der Waals surface area contributed by atoms with Crippen LogP contribution in [0.25, 0.3) is 33.3 Å². The highest BCUT2D eigenvalue weighted by atomic mass is 14.9. The molecular weight excluding hydrogens is 432 g/mol. The Morgan fingerprint density at radius 2 is 1.74 bits per heavy atom. The van der Waals surface area contributed by atoms with Gasteiger partial charge in [-0.1, -0.05) is 30.3 Å². The van der Waals surface area contributed by atoms with Crippen molar-refractivity contribution in [2.24, 2.45) is 0 Å². The largest absolute Gasteiger partial charge is 0.398 e. The lowest BCUT2D eigenvalue weighted by Gasteiger charge is -2.11. The van der Waals surface area contributed by atoms with Crippen LogP contribution in [0.5, 0.6) is 0 Å². The molecule has 1 aliphatic heterocycles. The molecule has 5 aromatic rings. The maximum Gasteiger partial charge on any atom is 0.111 e. The minimum absolute atomic E-state index is 0.610. The average molecular weight is 459 g/mol. The van der Waals surface area contributed by atoms with E-state index in [1.807, 2.05) is 36.9 Å². The third-order valence-electron chi connectivity index (χ3n) is 6.23. The molecule has 1 aliphatic rings. The van der Waals surface area contributed by atoms with Gasteiger partial charge in [0.25, 0.3) is 0 Å². The van der Waals surface area contributed by atoms with Crippen LogP contribution in [-0.4, -0.2) is 26.5 Å². The highest BCUT2D eigenvalue weighted by Crippen LogP contribution is 2.30. The predicted molar refractivity (Wildman–Crippen MR) is 143 cm³/mol. The third-order valence-corrected chi connectivity index (χ3v) is 6.23. The molecule has 0 radical (unpaired) electrons. The molecule has 6 rings (SSSR count). The van der Waals surface area contributed by atoms with E-state index in [9.17, 15) is 0 Å². The molecule has 0 saturated carbocycles. The fraction of sp³-hybridized carbons (Fsp3) is 0.138. The van der Waals surface area contributed by atoms with Gasteiger partial charge in [-0.15, -0.1) is 12.8 Å². The topological polar surface area (TPSA) is 92.5 Å². The summed E-state index contributed by atoms with van der Waals surface area (Å²) in [5, 5.41) is 3.52. The van der Waals surface area contributed by atoms with Gasteiger partial charge in [-0.2, -0.15) is 0 Å². The standard InChI is InChI=1S/C27H24N6.C2H2/c28-24-7-6-18-10-20(24)12-26-32-25-16-30-15-23(27(25)33-26)19-5-1-3-17(9-19)4-2-8-31-22-11-21(18)13-29-14-22;1-2/h1,3,5-7,9-11,13-16,31H,2,4,8,12,28H2,(H,32,33);1-2H. The van der Waals surface area contributed by atoms with Crippen LogP contribution in [0.2, 0.25) is 0 Å². The van der Waals surface area contributed by atoms with Gasteiger partial charge in [0.05, 0.1) is 22.9 Å². The normalized spacial score (nSPS) is 12.6. The van der Waals surface area contributed by atoms with E-state index >= 15 is 0 Å². The molecule has 8 bridgehead atoms. The number of aromatic amines is 1. The van der Waals surface area contributed by atoms with E-state index in [0.717, 1.165) is 75.4 Å². The third kappa shape index (κ3) is 4.57. The van der Waals surface area contributed by atoms with Crippen molar-refractivity contribution in [1.82, 2.24) is 19.9 Å². The summed E-state index contributed by atoms with van der Waals surface area (Å²) in [6, 6.07) is 17.0. The summed E-state index contributed by atoms with van der Waals surface area (Å²) in [5.41, 5.74) is 16.7. The molecule has 0 amide bonds. The van der Waals surface area contributed by atoms with Crippen LogP contribution < -0.4 is 11.1 Å². The predicted octanol–water partition coefficient (Wildman–Crippen LogP) is 5.47. The van der Waals surface area contributed by atoms with E-state index in [4.69, 9.17) is 10.7 Å². The molecule has 0 saturated heterocycles. The van der Waals surface area contributed by atoms with Gasteiger partial charge >= 0.3 is 0 Å². The number of anilines is 2. The Kier molecular flexibility index (Phi) is 6.15. The van der Waals surface area contributed by atoms with Gasteiger partial charge in [0.1, 0.15) is 5.82 Å². The van der Waals surface area contributed by atoms with Gasteiger partial charge in [-0.05, 0) is 53.3 Å². The number of hydrogen-bond acceptors (Lipinski definition) is 5. The smallest absolute Gasteiger partial charge is 0.111 e. The second-order valence-corrected chi connectivity index (χ2v) is 8.55. The summed E-state index contributed by atoms with van der Waals surface area (Å²) < 4.78 is 0. The first-order valence-electron chi connectivity index (χ1n) is 11.6. The van der Waals surface area contributed by atoms with Crippen LogP contribution in [0.1, 0.15) is 23.4 Å². The molecular formula is C29H26N6. The zero-order valence-corrected chi connectivity index (χ0v) is 19.3. The van der Waals surface area contributed by atoms with Gasteiger partial charge in [0, 0.05) is 48.4 Å². The summed E-state index contributed by atoms with van der Waals surface area (Å²) in [6.45, 7) is 0.877. The van der Waals surface area contributed by atoms with Crippen LogP contribution in [0.4, 0.5) is 11.4 Å². The monoisotopic (exact) mass is 458 g/mol. The molecule has 4 heterocycles. The number of benzene rings is 2. The lowest BCUT2D eigenvalue weighted by Crippen LogP contribution is -2.04. The second kappa shape index (κ2) is 9.70. The van der Waals surface area contributed by atoms with Crippen LogP contribution in [0.15, 0.2) is 73.3 Å². The number of fused-ring (bicyclic) bond motifs is 9. The maximum atomic E-state index is 6.35. The molecule has 0 fully saturated rings. The van der Waals surface area contributed by atoms with Crippen LogP contribution in [-0.2, 0) is 12.8 Å². The zero-order chi connectivity index (χ0) is 24.2. The van der Waals surface area contributed by atoms with Crippen molar-refractivity contribution in [2.45, 2.75) is 19.3 Å². The second-order valence-electron chi connectivity index (χ2n) is 8.55. The molecule has 35 heavy (non-hydrogen) atoms. The van der Waals surface area contributed by atoms with E-state index < -0.39 is 0 Å². The van der Waals surface area contributed by atoms with Crippen LogP contribution in [0, 0.1) is 12.8 Å². The highest BCUT2D eigenvalue weighted by Gasteiger charge is 2.13.